The molecule has 0 bridgehead atoms. The maximum absolute atomic E-state index is 12.9. The van der Waals surface area contributed by atoms with Gasteiger partial charge in [-0.2, -0.15) is 0 Å². The SMILES string of the molecule is CCC(NC(=O)C1(COC)CCNCC1)C(=O)N1CCOCC1.Cl. The van der Waals surface area contributed by atoms with Gasteiger partial charge in [-0.05, 0) is 32.4 Å². The van der Waals surface area contributed by atoms with Gasteiger partial charge in [0, 0.05) is 20.2 Å². The Bertz CT molecular complexity index is 405. The smallest absolute Gasteiger partial charge is 0.245 e. The molecule has 0 aromatic rings. The number of piperidine rings is 1. The number of hydrogen-bond donors (Lipinski definition) is 2. The molecule has 0 saturated carbocycles. The Labute approximate surface area is 150 Å². The van der Waals surface area contributed by atoms with Crippen LogP contribution >= 0.6 is 12.4 Å². The summed E-state index contributed by atoms with van der Waals surface area (Å²) in [6.07, 6.45) is 2.05. The number of morpholine rings is 1. The highest BCUT2D eigenvalue weighted by atomic mass is 35.5. The molecule has 8 heteroatoms. The molecule has 2 amide bonds. The third-order valence-corrected chi connectivity index (χ3v) is 4.80. The maximum Gasteiger partial charge on any atom is 0.245 e. The van der Waals surface area contributed by atoms with Gasteiger partial charge >= 0.3 is 0 Å². The summed E-state index contributed by atoms with van der Waals surface area (Å²) in [5, 5.41) is 6.25. The molecule has 0 radical (unpaired) electrons. The van der Waals surface area contributed by atoms with Crippen LogP contribution in [0.4, 0.5) is 0 Å². The molecule has 1 atom stereocenters. The summed E-state index contributed by atoms with van der Waals surface area (Å²) in [5.74, 6) is -0.0695. The zero-order chi connectivity index (χ0) is 16.7. The predicted molar refractivity (Wildman–Crippen MR) is 93.3 cm³/mol. The average Bonchev–Trinajstić information content (AvgIpc) is 2.60. The standard InChI is InChI=1S/C16H29N3O4.ClH/c1-3-13(14(20)19-8-10-23-11-9-19)18-15(21)16(12-22-2)4-6-17-7-5-16;/h13,17H,3-12H2,1-2H3,(H,18,21);1H. The molecular weight excluding hydrogens is 334 g/mol. The van der Waals surface area contributed by atoms with Gasteiger partial charge in [0.1, 0.15) is 6.04 Å². The molecule has 140 valence electrons. The summed E-state index contributed by atoms with van der Waals surface area (Å²) in [7, 11) is 1.62. The van der Waals surface area contributed by atoms with E-state index in [1.807, 2.05) is 6.92 Å². The van der Waals surface area contributed by atoms with Crippen LogP contribution in [-0.2, 0) is 19.1 Å². The van der Waals surface area contributed by atoms with Gasteiger partial charge < -0.3 is 25.0 Å². The van der Waals surface area contributed by atoms with Gasteiger partial charge in [0.2, 0.25) is 11.8 Å². The molecule has 0 spiro atoms. The number of halogens is 1. The Balaban J connectivity index is 0.00000288. The third-order valence-electron chi connectivity index (χ3n) is 4.80. The number of methoxy groups -OCH3 is 1. The van der Waals surface area contributed by atoms with Crippen LogP contribution in [0.1, 0.15) is 26.2 Å². The summed E-state index contributed by atoms with van der Waals surface area (Å²) in [6, 6.07) is -0.468. The lowest BCUT2D eigenvalue weighted by molar-refractivity contribution is -0.144. The van der Waals surface area contributed by atoms with Gasteiger partial charge in [-0.15, -0.1) is 12.4 Å². The number of carbonyl (C=O) groups excluding carboxylic acids is 2. The monoisotopic (exact) mass is 363 g/mol. The molecule has 2 heterocycles. The Kier molecular flexibility index (Phi) is 8.97. The zero-order valence-electron chi connectivity index (χ0n) is 14.6. The van der Waals surface area contributed by atoms with Crippen LogP contribution in [0.25, 0.3) is 0 Å². The van der Waals surface area contributed by atoms with Crippen molar-refractivity contribution in [2.75, 3.05) is 53.1 Å². The Morgan fingerprint density at radius 3 is 2.46 bits per heavy atom. The molecule has 1 unspecified atom stereocenters. The van der Waals surface area contributed by atoms with Crippen molar-refractivity contribution in [2.24, 2.45) is 5.41 Å². The Morgan fingerprint density at radius 1 is 1.29 bits per heavy atom. The molecule has 2 saturated heterocycles. The van der Waals surface area contributed by atoms with Crippen molar-refractivity contribution >= 4 is 24.2 Å². The average molecular weight is 364 g/mol. The molecule has 2 fully saturated rings. The first-order valence-corrected chi connectivity index (χ1v) is 8.50. The van der Waals surface area contributed by atoms with Crippen molar-refractivity contribution < 1.29 is 19.1 Å². The summed E-state index contributed by atoms with van der Waals surface area (Å²) in [6.45, 7) is 6.23. The molecule has 2 aliphatic rings. The Morgan fingerprint density at radius 2 is 1.92 bits per heavy atom. The normalized spacial score (nSPS) is 21.5. The number of nitrogens with one attached hydrogen (secondary N) is 2. The molecule has 24 heavy (non-hydrogen) atoms. The largest absolute Gasteiger partial charge is 0.384 e. The molecule has 0 aliphatic carbocycles. The quantitative estimate of drug-likeness (QED) is 0.703. The maximum atomic E-state index is 12.9. The Hall–Kier alpha value is -0.890. The fourth-order valence-corrected chi connectivity index (χ4v) is 3.27. The van der Waals surface area contributed by atoms with E-state index in [4.69, 9.17) is 9.47 Å². The molecule has 0 aromatic heterocycles. The number of nitrogens with zero attached hydrogens (tertiary/aromatic N) is 1. The van der Waals surface area contributed by atoms with Crippen LogP contribution in [-0.4, -0.2) is 75.9 Å². The number of rotatable bonds is 6. The first kappa shape index (κ1) is 21.2. The summed E-state index contributed by atoms with van der Waals surface area (Å²) in [4.78, 5) is 27.3. The minimum Gasteiger partial charge on any atom is -0.384 e. The van der Waals surface area contributed by atoms with Crippen LogP contribution < -0.4 is 10.6 Å². The highest BCUT2D eigenvalue weighted by molar-refractivity contribution is 5.90. The van der Waals surface area contributed by atoms with Crippen LogP contribution in [0.2, 0.25) is 0 Å². The number of ether oxygens (including phenoxy) is 2. The van der Waals surface area contributed by atoms with E-state index in [-0.39, 0.29) is 24.2 Å². The van der Waals surface area contributed by atoms with E-state index in [9.17, 15) is 9.59 Å². The second-order valence-electron chi connectivity index (χ2n) is 6.34. The second-order valence-corrected chi connectivity index (χ2v) is 6.34. The summed E-state index contributed by atoms with van der Waals surface area (Å²) < 4.78 is 10.6. The molecule has 2 rings (SSSR count). The molecule has 2 aliphatic heterocycles. The lowest BCUT2D eigenvalue weighted by Crippen LogP contribution is -2.57. The van der Waals surface area contributed by atoms with Gasteiger partial charge in [-0.3, -0.25) is 9.59 Å². The van der Waals surface area contributed by atoms with Crippen molar-refractivity contribution in [3.05, 3.63) is 0 Å². The van der Waals surface area contributed by atoms with E-state index in [0.717, 1.165) is 25.9 Å². The van der Waals surface area contributed by atoms with Crippen LogP contribution in [0.15, 0.2) is 0 Å². The van der Waals surface area contributed by atoms with Crippen LogP contribution in [0.3, 0.4) is 0 Å². The van der Waals surface area contributed by atoms with Gasteiger partial charge in [0.05, 0.1) is 25.2 Å². The van der Waals surface area contributed by atoms with Gasteiger partial charge in [-0.1, -0.05) is 6.92 Å². The van der Waals surface area contributed by atoms with E-state index < -0.39 is 11.5 Å². The highest BCUT2D eigenvalue weighted by Crippen LogP contribution is 2.29. The number of amides is 2. The molecule has 2 N–H and O–H groups in total. The van der Waals surface area contributed by atoms with Gasteiger partial charge in [-0.25, -0.2) is 0 Å². The second kappa shape index (κ2) is 10.2. The van der Waals surface area contributed by atoms with Gasteiger partial charge in [0.25, 0.3) is 0 Å². The summed E-state index contributed by atoms with van der Waals surface area (Å²) >= 11 is 0. The zero-order valence-corrected chi connectivity index (χ0v) is 15.5. The van der Waals surface area contributed by atoms with E-state index in [2.05, 4.69) is 10.6 Å². The first-order valence-electron chi connectivity index (χ1n) is 8.50. The van der Waals surface area contributed by atoms with E-state index in [1.54, 1.807) is 12.0 Å². The predicted octanol–water partition coefficient (Wildman–Crippen LogP) is 0.178. The first-order chi connectivity index (χ1) is 11.1. The molecule has 7 nitrogen and oxygen atoms in total. The molecule has 0 aromatic carbocycles. The van der Waals surface area contributed by atoms with Crippen molar-refractivity contribution in [1.29, 1.82) is 0 Å². The number of carbonyl (C=O) groups is 2. The molecular formula is C16H30ClN3O4. The minimum absolute atomic E-state index is 0. The van der Waals surface area contributed by atoms with Crippen molar-refractivity contribution in [2.45, 2.75) is 32.2 Å². The van der Waals surface area contributed by atoms with Gasteiger partial charge in [0.15, 0.2) is 0 Å². The topological polar surface area (TPSA) is 79.9 Å². The fraction of sp³-hybridized carbons (Fsp3) is 0.875. The highest BCUT2D eigenvalue weighted by Gasteiger charge is 2.41. The van der Waals surface area contributed by atoms with Crippen molar-refractivity contribution in [1.82, 2.24) is 15.5 Å². The number of hydrogen-bond acceptors (Lipinski definition) is 5. The van der Waals surface area contributed by atoms with Crippen LogP contribution in [0.5, 0.6) is 0 Å². The van der Waals surface area contributed by atoms with Crippen molar-refractivity contribution in [3.8, 4) is 0 Å². The summed E-state index contributed by atoms with van der Waals surface area (Å²) in [5.41, 5.74) is -0.529. The van der Waals surface area contributed by atoms with E-state index in [1.165, 1.54) is 0 Å². The van der Waals surface area contributed by atoms with Crippen LogP contribution in [0, 0.1) is 5.41 Å². The lowest BCUT2D eigenvalue weighted by atomic mass is 9.78. The van der Waals surface area contributed by atoms with Crippen molar-refractivity contribution in [3.63, 3.8) is 0 Å². The van der Waals surface area contributed by atoms with E-state index in [0.29, 0.717) is 39.3 Å². The lowest BCUT2D eigenvalue weighted by Gasteiger charge is -2.37. The third kappa shape index (κ3) is 5.05. The fourth-order valence-electron chi connectivity index (χ4n) is 3.27. The van der Waals surface area contributed by atoms with E-state index >= 15 is 0 Å². The minimum atomic E-state index is -0.529.